The molecule has 128 valence electrons. The number of anilines is 1. The highest BCUT2D eigenvalue weighted by Crippen LogP contribution is 2.15. The van der Waals surface area contributed by atoms with Crippen molar-refractivity contribution < 1.29 is 9.59 Å². The number of carbonyl (C=O) groups is 2. The van der Waals surface area contributed by atoms with Crippen molar-refractivity contribution in [3.63, 3.8) is 0 Å². The second-order valence-electron chi connectivity index (χ2n) is 5.82. The molecule has 1 aromatic rings. The molecular weight excluding hydrogens is 316 g/mol. The van der Waals surface area contributed by atoms with Gasteiger partial charge in [-0.3, -0.25) is 4.79 Å². The van der Waals surface area contributed by atoms with E-state index < -0.39 is 0 Å². The number of urea groups is 1. The Balaban J connectivity index is 0.00000264. The molecular formula is C16H25ClN4O2. The molecule has 1 saturated heterocycles. The van der Waals surface area contributed by atoms with Crippen LogP contribution >= 0.6 is 12.4 Å². The van der Waals surface area contributed by atoms with Crippen LogP contribution in [-0.4, -0.2) is 37.1 Å². The summed E-state index contributed by atoms with van der Waals surface area (Å²) in [4.78, 5) is 24.3. The van der Waals surface area contributed by atoms with Gasteiger partial charge in [0.2, 0.25) is 0 Å². The largest absolute Gasteiger partial charge is 0.348 e. The molecule has 1 aromatic carbocycles. The van der Waals surface area contributed by atoms with Gasteiger partial charge in [0, 0.05) is 18.6 Å². The first kappa shape index (κ1) is 19.3. The highest BCUT2D eigenvalue weighted by atomic mass is 35.5. The van der Waals surface area contributed by atoms with Crippen molar-refractivity contribution in [1.29, 1.82) is 0 Å². The Bertz CT molecular complexity index is 531. The van der Waals surface area contributed by atoms with E-state index in [1.54, 1.807) is 24.3 Å². The van der Waals surface area contributed by atoms with Gasteiger partial charge >= 0.3 is 6.03 Å². The molecule has 23 heavy (non-hydrogen) atoms. The first-order chi connectivity index (χ1) is 10.6. The maximum atomic E-state index is 12.4. The molecule has 1 aliphatic rings. The Morgan fingerprint density at radius 3 is 2.65 bits per heavy atom. The Hall–Kier alpha value is -1.79. The third kappa shape index (κ3) is 6.08. The third-order valence-electron chi connectivity index (χ3n) is 3.47. The monoisotopic (exact) mass is 340 g/mol. The Kier molecular flexibility index (Phi) is 7.85. The number of nitrogens with one attached hydrogen (secondary N) is 4. The fourth-order valence-corrected chi connectivity index (χ4v) is 2.45. The zero-order chi connectivity index (χ0) is 15.9. The van der Waals surface area contributed by atoms with Gasteiger partial charge in [0.15, 0.2) is 0 Å². The summed E-state index contributed by atoms with van der Waals surface area (Å²) < 4.78 is 0. The minimum atomic E-state index is -0.311. The van der Waals surface area contributed by atoms with E-state index in [0.717, 1.165) is 25.9 Å². The van der Waals surface area contributed by atoms with E-state index in [0.29, 0.717) is 11.3 Å². The maximum absolute atomic E-state index is 12.4. The maximum Gasteiger partial charge on any atom is 0.319 e. The quantitative estimate of drug-likeness (QED) is 0.677. The Morgan fingerprint density at radius 2 is 2.00 bits per heavy atom. The van der Waals surface area contributed by atoms with Crippen LogP contribution in [0.3, 0.4) is 0 Å². The SMILES string of the molecule is CC(C)NC(=O)Nc1ccccc1C(=O)N[C@H]1CCCNC1.Cl. The van der Waals surface area contributed by atoms with E-state index in [4.69, 9.17) is 0 Å². The highest BCUT2D eigenvalue weighted by Gasteiger charge is 2.18. The summed E-state index contributed by atoms with van der Waals surface area (Å²) >= 11 is 0. The van der Waals surface area contributed by atoms with E-state index in [2.05, 4.69) is 21.3 Å². The van der Waals surface area contributed by atoms with Gasteiger partial charge in [0.1, 0.15) is 0 Å². The molecule has 4 N–H and O–H groups in total. The van der Waals surface area contributed by atoms with Gasteiger partial charge < -0.3 is 21.3 Å². The number of carbonyl (C=O) groups excluding carboxylic acids is 2. The molecule has 1 heterocycles. The van der Waals surface area contributed by atoms with Crippen molar-refractivity contribution in [2.75, 3.05) is 18.4 Å². The molecule has 2 rings (SSSR count). The summed E-state index contributed by atoms with van der Waals surface area (Å²) in [5.74, 6) is -0.158. The predicted octanol–water partition coefficient (Wildman–Crippen LogP) is 2.12. The molecule has 0 saturated carbocycles. The van der Waals surface area contributed by atoms with E-state index in [9.17, 15) is 9.59 Å². The van der Waals surface area contributed by atoms with Crippen molar-refractivity contribution in [3.05, 3.63) is 29.8 Å². The van der Waals surface area contributed by atoms with Gasteiger partial charge in [-0.15, -0.1) is 12.4 Å². The molecule has 0 bridgehead atoms. The fourth-order valence-electron chi connectivity index (χ4n) is 2.45. The molecule has 1 atom stereocenters. The number of hydrogen-bond acceptors (Lipinski definition) is 3. The van der Waals surface area contributed by atoms with Crippen molar-refractivity contribution in [1.82, 2.24) is 16.0 Å². The van der Waals surface area contributed by atoms with Crippen molar-refractivity contribution in [2.24, 2.45) is 0 Å². The average Bonchev–Trinajstić information content (AvgIpc) is 2.47. The standard InChI is InChI=1S/C16H24N4O2.ClH/c1-11(2)18-16(22)20-14-8-4-3-7-13(14)15(21)19-12-6-5-9-17-10-12;/h3-4,7-8,11-12,17H,5-6,9-10H2,1-2H3,(H,19,21)(H2,18,20,22);1H/t12-;/m0./s1. The van der Waals surface area contributed by atoms with Gasteiger partial charge in [-0.2, -0.15) is 0 Å². The van der Waals surface area contributed by atoms with E-state index in [1.807, 2.05) is 13.8 Å². The summed E-state index contributed by atoms with van der Waals surface area (Å²) in [6.07, 6.45) is 2.03. The number of hydrogen-bond donors (Lipinski definition) is 4. The molecule has 0 spiro atoms. The van der Waals surface area contributed by atoms with Crippen molar-refractivity contribution >= 4 is 30.0 Å². The van der Waals surface area contributed by atoms with E-state index in [-0.39, 0.29) is 36.4 Å². The smallest absolute Gasteiger partial charge is 0.319 e. The third-order valence-corrected chi connectivity index (χ3v) is 3.47. The first-order valence-electron chi connectivity index (χ1n) is 7.74. The second-order valence-corrected chi connectivity index (χ2v) is 5.82. The van der Waals surface area contributed by atoms with Crippen LogP contribution in [0.5, 0.6) is 0 Å². The zero-order valence-corrected chi connectivity index (χ0v) is 14.3. The van der Waals surface area contributed by atoms with Crippen LogP contribution in [0.2, 0.25) is 0 Å². The number of para-hydroxylation sites is 1. The molecule has 3 amide bonds. The number of benzene rings is 1. The summed E-state index contributed by atoms with van der Waals surface area (Å²) in [6.45, 7) is 5.55. The topological polar surface area (TPSA) is 82.3 Å². The Labute approximate surface area is 143 Å². The molecule has 7 heteroatoms. The minimum Gasteiger partial charge on any atom is -0.348 e. The van der Waals surface area contributed by atoms with Crippen LogP contribution < -0.4 is 21.3 Å². The number of halogens is 1. The predicted molar refractivity (Wildman–Crippen MR) is 94.3 cm³/mol. The normalized spacial score (nSPS) is 17.1. The van der Waals surface area contributed by atoms with Gasteiger partial charge in [-0.1, -0.05) is 12.1 Å². The lowest BCUT2D eigenvalue weighted by molar-refractivity contribution is 0.0931. The second kappa shape index (κ2) is 9.37. The van der Waals surface area contributed by atoms with Crippen LogP contribution in [0.25, 0.3) is 0 Å². The molecule has 0 aliphatic carbocycles. The number of amides is 3. The summed E-state index contributed by atoms with van der Waals surface area (Å²) in [5, 5.41) is 11.8. The molecule has 0 unspecified atom stereocenters. The van der Waals surface area contributed by atoms with Gasteiger partial charge in [0.25, 0.3) is 5.91 Å². The van der Waals surface area contributed by atoms with E-state index in [1.165, 1.54) is 0 Å². The van der Waals surface area contributed by atoms with E-state index >= 15 is 0 Å². The first-order valence-corrected chi connectivity index (χ1v) is 7.74. The molecule has 6 nitrogen and oxygen atoms in total. The van der Waals surface area contributed by atoms with Crippen LogP contribution in [0, 0.1) is 0 Å². The molecule has 0 aromatic heterocycles. The minimum absolute atomic E-state index is 0. The highest BCUT2D eigenvalue weighted by molar-refractivity contribution is 6.03. The molecule has 1 fully saturated rings. The molecule has 1 aliphatic heterocycles. The lowest BCUT2D eigenvalue weighted by Gasteiger charge is -2.24. The molecule has 0 radical (unpaired) electrons. The van der Waals surface area contributed by atoms with Crippen molar-refractivity contribution in [3.8, 4) is 0 Å². The van der Waals surface area contributed by atoms with Crippen LogP contribution in [0.4, 0.5) is 10.5 Å². The number of rotatable bonds is 4. The van der Waals surface area contributed by atoms with Gasteiger partial charge in [-0.25, -0.2) is 4.79 Å². The Morgan fingerprint density at radius 1 is 1.26 bits per heavy atom. The average molecular weight is 341 g/mol. The number of piperidine rings is 1. The van der Waals surface area contributed by atoms with Gasteiger partial charge in [-0.05, 0) is 45.4 Å². The van der Waals surface area contributed by atoms with Crippen LogP contribution in [-0.2, 0) is 0 Å². The van der Waals surface area contributed by atoms with Crippen LogP contribution in [0.15, 0.2) is 24.3 Å². The zero-order valence-electron chi connectivity index (χ0n) is 13.5. The van der Waals surface area contributed by atoms with Crippen molar-refractivity contribution in [2.45, 2.75) is 38.8 Å². The summed E-state index contributed by atoms with van der Waals surface area (Å²) in [6, 6.07) is 6.90. The lowest BCUT2D eigenvalue weighted by atomic mass is 10.1. The summed E-state index contributed by atoms with van der Waals surface area (Å²) in [7, 11) is 0. The fraction of sp³-hybridized carbons (Fsp3) is 0.500. The summed E-state index contributed by atoms with van der Waals surface area (Å²) in [5.41, 5.74) is 0.994. The van der Waals surface area contributed by atoms with Crippen LogP contribution in [0.1, 0.15) is 37.0 Å². The lowest BCUT2D eigenvalue weighted by Crippen LogP contribution is -2.45. The van der Waals surface area contributed by atoms with Gasteiger partial charge in [0.05, 0.1) is 11.3 Å².